The van der Waals surface area contributed by atoms with Gasteiger partial charge >= 0.3 is 0 Å². The number of aromatic nitrogens is 2. The van der Waals surface area contributed by atoms with Gasteiger partial charge in [-0.2, -0.15) is 5.10 Å². The Morgan fingerprint density at radius 3 is 2.53 bits per heavy atom. The molecule has 1 aromatic heterocycles. The highest BCUT2D eigenvalue weighted by Crippen LogP contribution is 2.18. The van der Waals surface area contributed by atoms with Crippen molar-refractivity contribution in [1.82, 2.24) is 9.78 Å². The van der Waals surface area contributed by atoms with E-state index in [0.717, 1.165) is 18.5 Å². The largest absolute Gasteiger partial charge is 0.395 e. The Bertz CT molecular complexity index is 384. The number of hydrogen-bond acceptors (Lipinski definition) is 3. The Morgan fingerprint density at radius 1 is 1.29 bits per heavy atom. The normalized spacial score (nSPS) is 10.7. The Hall–Kier alpha value is -1.52. The smallest absolute Gasteiger partial charge is 0.269 e. The molecular weight excluding hydrogens is 216 g/mol. The fourth-order valence-electron chi connectivity index (χ4n) is 1.90. The number of anilines is 1. The summed E-state index contributed by atoms with van der Waals surface area (Å²) in [5.41, 5.74) is 12.8. The number of nitrogen functional groups attached to an aromatic ring is 1. The topological polar surface area (TPSA) is 86.9 Å². The van der Waals surface area contributed by atoms with Crippen molar-refractivity contribution in [2.45, 2.75) is 52.5 Å². The molecule has 0 aliphatic rings. The number of hydrogen-bond donors (Lipinski definition) is 2. The molecule has 96 valence electrons. The molecule has 0 unspecified atom stereocenters. The van der Waals surface area contributed by atoms with Gasteiger partial charge in [0.15, 0.2) is 0 Å². The van der Waals surface area contributed by atoms with Crippen LogP contribution >= 0.6 is 0 Å². The molecule has 0 aromatic carbocycles. The Balaban J connectivity index is 2.79. The maximum absolute atomic E-state index is 11.3. The first-order valence-electron chi connectivity index (χ1n) is 6.26. The minimum Gasteiger partial charge on any atom is -0.395 e. The Morgan fingerprint density at radius 2 is 2.00 bits per heavy atom. The van der Waals surface area contributed by atoms with Crippen LogP contribution in [0.5, 0.6) is 0 Å². The van der Waals surface area contributed by atoms with Crippen LogP contribution in [-0.2, 0) is 13.0 Å². The van der Waals surface area contributed by atoms with Gasteiger partial charge in [-0.25, -0.2) is 0 Å². The third-order valence-corrected chi connectivity index (χ3v) is 2.86. The van der Waals surface area contributed by atoms with Gasteiger partial charge < -0.3 is 11.5 Å². The fraction of sp³-hybridized carbons (Fsp3) is 0.667. The summed E-state index contributed by atoms with van der Waals surface area (Å²) < 4.78 is 1.66. The zero-order valence-electron chi connectivity index (χ0n) is 10.7. The van der Waals surface area contributed by atoms with Gasteiger partial charge in [0.2, 0.25) is 0 Å². The van der Waals surface area contributed by atoms with Crippen LogP contribution in [0.1, 0.15) is 55.7 Å². The molecule has 0 radical (unpaired) electrons. The standard InChI is InChI=1S/C12H22N4O/c1-3-5-6-7-8-16-11(12(14)17)10(13)9(4-2)15-16/h3-8,13H2,1-2H3,(H2,14,17). The van der Waals surface area contributed by atoms with E-state index < -0.39 is 5.91 Å². The second-order valence-electron chi connectivity index (χ2n) is 4.21. The molecule has 0 fully saturated rings. The van der Waals surface area contributed by atoms with Gasteiger partial charge in [-0.15, -0.1) is 0 Å². The van der Waals surface area contributed by atoms with Gasteiger partial charge in [0.05, 0.1) is 11.4 Å². The van der Waals surface area contributed by atoms with Crippen molar-refractivity contribution in [2.75, 3.05) is 5.73 Å². The number of nitrogens with zero attached hydrogens (tertiary/aromatic N) is 2. The van der Waals surface area contributed by atoms with Crippen LogP contribution in [-0.4, -0.2) is 15.7 Å². The Labute approximate surface area is 102 Å². The van der Waals surface area contributed by atoms with Crippen molar-refractivity contribution in [3.8, 4) is 0 Å². The number of aryl methyl sites for hydroxylation is 2. The van der Waals surface area contributed by atoms with E-state index in [1.54, 1.807) is 4.68 Å². The van der Waals surface area contributed by atoms with Crippen LogP contribution in [0.4, 0.5) is 5.69 Å². The third-order valence-electron chi connectivity index (χ3n) is 2.86. The summed E-state index contributed by atoms with van der Waals surface area (Å²) >= 11 is 0. The molecular formula is C12H22N4O. The zero-order chi connectivity index (χ0) is 12.8. The SMILES string of the molecule is CCCCCCn1nc(CC)c(N)c1C(N)=O. The van der Waals surface area contributed by atoms with Crippen molar-refractivity contribution in [2.24, 2.45) is 5.73 Å². The highest BCUT2D eigenvalue weighted by molar-refractivity contribution is 5.96. The number of amides is 1. The third kappa shape index (κ3) is 3.22. The van der Waals surface area contributed by atoms with Crippen LogP contribution in [0, 0.1) is 0 Å². The maximum Gasteiger partial charge on any atom is 0.269 e. The van der Waals surface area contributed by atoms with Gasteiger partial charge in [0, 0.05) is 6.54 Å². The van der Waals surface area contributed by atoms with Gasteiger partial charge in [-0.3, -0.25) is 9.48 Å². The van der Waals surface area contributed by atoms with Crippen LogP contribution in [0.2, 0.25) is 0 Å². The van der Waals surface area contributed by atoms with E-state index in [-0.39, 0.29) is 0 Å². The number of nitrogens with two attached hydrogens (primary N) is 2. The average molecular weight is 238 g/mol. The molecule has 1 amide bonds. The zero-order valence-corrected chi connectivity index (χ0v) is 10.7. The lowest BCUT2D eigenvalue weighted by Crippen LogP contribution is -2.19. The van der Waals surface area contributed by atoms with E-state index in [1.807, 2.05) is 6.92 Å². The molecule has 0 aliphatic carbocycles. The summed E-state index contributed by atoms with van der Waals surface area (Å²) in [5.74, 6) is -0.495. The van der Waals surface area contributed by atoms with Crippen molar-refractivity contribution < 1.29 is 4.79 Å². The molecule has 1 aromatic rings. The number of carbonyl (C=O) groups is 1. The van der Waals surface area contributed by atoms with E-state index in [9.17, 15) is 4.79 Å². The van der Waals surface area contributed by atoms with E-state index in [1.165, 1.54) is 12.8 Å². The molecule has 4 N–H and O–H groups in total. The van der Waals surface area contributed by atoms with Gasteiger partial charge in [-0.1, -0.05) is 33.1 Å². The van der Waals surface area contributed by atoms with Crippen LogP contribution in [0.15, 0.2) is 0 Å². The molecule has 0 bridgehead atoms. The molecule has 0 saturated heterocycles. The van der Waals surface area contributed by atoms with Crippen LogP contribution in [0.3, 0.4) is 0 Å². The summed E-state index contributed by atoms with van der Waals surface area (Å²) in [6.07, 6.45) is 5.23. The second kappa shape index (κ2) is 6.27. The van der Waals surface area contributed by atoms with E-state index in [2.05, 4.69) is 12.0 Å². The lowest BCUT2D eigenvalue weighted by atomic mass is 10.2. The van der Waals surface area contributed by atoms with Crippen molar-refractivity contribution in [3.63, 3.8) is 0 Å². The predicted molar refractivity (Wildman–Crippen MR) is 68.7 cm³/mol. The first-order valence-corrected chi connectivity index (χ1v) is 6.26. The minimum absolute atomic E-state index is 0.360. The fourth-order valence-corrected chi connectivity index (χ4v) is 1.90. The summed E-state index contributed by atoms with van der Waals surface area (Å²) in [6.45, 7) is 4.84. The van der Waals surface area contributed by atoms with Gasteiger partial charge in [0.1, 0.15) is 5.69 Å². The molecule has 5 heteroatoms. The van der Waals surface area contributed by atoms with Crippen LogP contribution < -0.4 is 11.5 Å². The molecule has 1 rings (SSSR count). The van der Waals surface area contributed by atoms with E-state index in [4.69, 9.17) is 11.5 Å². The summed E-state index contributed by atoms with van der Waals surface area (Å²) in [6, 6.07) is 0. The van der Waals surface area contributed by atoms with Crippen molar-refractivity contribution >= 4 is 11.6 Å². The molecule has 0 saturated carbocycles. The van der Waals surface area contributed by atoms with Gasteiger partial charge in [0.25, 0.3) is 5.91 Å². The number of unbranched alkanes of at least 4 members (excludes halogenated alkanes) is 3. The first-order chi connectivity index (χ1) is 8.11. The number of primary amides is 1. The minimum atomic E-state index is -0.495. The molecule has 17 heavy (non-hydrogen) atoms. The second-order valence-corrected chi connectivity index (χ2v) is 4.21. The summed E-state index contributed by atoms with van der Waals surface area (Å²) in [4.78, 5) is 11.3. The molecule has 0 atom stereocenters. The first kappa shape index (κ1) is 13.5. The lowest BCUT2D eigenvalue weighted by molar-refractivity contribution is 0.0990. The number of rotatable bonds is 7. The monoisotopic (exact) mass is 238 g/mol. The Kier molecular flexibility index (Phi) is 5.00. The van der Waals surface area contributed by atoms with E-state index in [0.29, 0.717) is 24.3 Å². The molecule has 5 nitrogen and oxygen atoms in total. The molecule has 0 aliphatic heterocycles. The van der Waals surface area contributed by atoms with Gasteiger partial charge in [-0.05, 0) is 12.8 Å². The summed E-state index contributed by atoms with van der Waals surface area (Å²) in [5, 5.41) is 4.34. The van der Waals surface area contributed by atoms with E-state index >= 15 is 0 Å². The highest BCUT2D eigenvalue weighted by Gasteiger charge is 2.17. The molecule has 0 spiro atoms. The number of carbonyl (C=O) groups excluding carboxylic acids is 1. The quantitative estimate of drug-likeness (QED) is 0.709. The lowest BCUT2D eigenvalue weighted by Gasteiger charge is -2.04. The summed E-state index contributed by atoms with van der Waals surface area (Å²) in [7, 11) is 0. The molecule has 1 heterocycles. The average Bonchev–Trinajstić information content (AvgIpc) is 2.61. The van der Waals surface area contributed by atoms with Crippen LogP contribution in [0.25, 0.3) is 0 Å². The highest BCUT2D eigenvalue weighted by atomic mass is 16.1. The maximum atomic E-state index is 11.3. The van der Waals surface area contributed by atoms with Crippen molar-refractivity contribution in [1.29, 1.82) is 0 Å². The van der Waals surface area contributed by atoms with Crippen molar-refractivity contribution in [3.05, 3.63) is 11.4 Å². The predicted octanol–water partition coefficient (Wildman–Crippen LogP) is 1.71.